The van der Waals surface area contributed by atoms with Gasteiger partial charge >= 0.3 is 67.9 Å². The summed E-state index contributed by atoms with van der Waals surface area (Å²) < 4.78 is 303. The summed E-state index contributed by atoms with van der Waals surface area (Å²) in [5.74, 6) is -9.92. The number of benzene rings is 4. The van der Waals surface area contributed by atoms with E-state index < -0.39 is 294 Å². The first-order chi connectivity index (χ1) is 69.7. The number of ketones is 4. The summed E-state index contributed by atoms with van der Waals surface area (Å²) in [7, 11) is -16.9. The van der Waals surface area contributed by atoms with E-state index in [4.69, 9.17) is 129 Å². The van der Waals surface area contributed by atoms with Gasteiger partial charge in [-0.15, -0.1) is 13.2 Å². The number of carbonyl (C=O) groups excluding carboxylic acids is 12. The Morgan fingerprint density at radius 2 is 0.644 bits per heavy atom. The summed E-state index contributed by atoms with van der Waals surface area (Å²) in [5.41, 5.74) is -8.07. The number of hydrogen-bond donors (Lipinski definition) is 0. The number of halogens is 14. The van der Waals surface area contributed by atoms with Crippen LogP contribution in [0.5, 0.6) is 0 Å². The summed E-state index contributed by atoms with van der Waals surface area (Å²) in [6, 6.07) is 26.7. The number of nitrogens with zero attached hydrogens (tertiary/aromatic N) is 4. The zero-order chi connectivity index (χ0) is 109. The van der Waals surface area contributed by atoms with Crippen LogP contribution in [0.15, 0.2) is 146 Å². The monoisotopic (exact) mass is 2280 g/mol. The number of allylic oxidation sites excluding steroid dienone is 4. The number of carbonyl (C=O) groups is 12. The normalized spacial score (nSPS) is 34.2. The first-order valence-corrected chi connectivity index (χ1v) is 52.5. The molecule has 0 saturated carbocycles. The van der Waals surface area contributed by atoms with E-state index in [1.165, 1.54) is 0 Å². The summed E-state index contributed by atoms with van der Waals surface area (Å²) >= 11 is 24.1. The van der Waals surface area contributed by atoms with Crippen molar-refractivity contribution in [2.75, 3.05) is 52.9 Å². The minimum Gasteiger partial charge on any atom is -0.456 e. The van der Waals surface area contributed by atoms with E-state index in [1.807, 2.05) is 0 Å². The number of phosphoric ester groups is 4. The van der Waals surface area contributed by atoms with Crippen molar-refractivity contribution in [1.29, 1.82) is 0 Å². The molecule has 149 heavy (non-hydrogen) atoms. The maximum atomic E-state index is 16.1. The molecule has 0 bridgehead atoms. The maximum absolute atomic E-state index is 16.1. The van der Waals surface area contributed by atoms with E-state index in [2.05, 4.69) is 14.2 Å². The molecule has 0 aliphatic carbocycles. The van der Waals surface area contributed by atoms with E-state index in [1.54, 1.807) is 111 Å². The molecular weight excluding hydrogens is 2180 g/mol. The van der Waals surface area contributed by atoms with Crippen LogP contribution in [-0.2, 0) is 168 Å². The molecule has 0 N–H and O–H groups in total. The molecule has 0 unspecified atom stereocenters. The minimum atomic E-state index is -5.47. The van der Waals surface area contributed by atoms with Gasteiger partial charge in [-0.25, -0.2) is 45.4 Å². The molecule has 8 fully saturated rings. The van der Waals surface area contributed by atoms with E-state index in [0.717, 1.165) is 93.5 Å². The van der Waals surface area contributed by atoms with Gasteiger partial charge in [0.25, 0.3) is 0 Å². The Morgan fingerprint density at radius 1 is 0.396 bits per heavy atom. The standard InChI is InChI=1S/C24H28ClFNO9P.C22H21ClF4NO10P.C22H21ClF4NO9P.C22H24ClFNO9P/c1-14(2)22(30)35-21-19(34-23(24(21,3)26)27-9-7-17(28)12-20(27)29)13-33-37(31)32-10-8-18(36-37)15-5-4-6-16(25)11-15;1-21(24)18(36-20(31)37-22(25,26)27)16(35-19(21)28-7-5-14(29)10-17(28)30)11-34-39(32)33-8-6-15(38-39)12-3-2-4-13(23)9-12;1-21(24)18(36-20(31)22(25,26)27)16(35-19(21)28-7-5-14(29)10-17(28)30)11-34-38(32)33-8-6-15(37-38)12-3-2-4-13(23)9-12;1-13(26)32-20-18(33-21(22(20,2)24)25-8-6-16(27)11-19(25)28)12-31-35(29)30-9-7-17(34-35)14-4-3-5-15(23)10-14/h4-7,9,11,14,18-19,21,23H,8,10,12-13H2,1-3H3;2-5,7,9,15-16,18-19H,6,8,10-11H2,1H3;2-5,7,9,15-16,18-19H,6,8,10-11H2,1H3;3-6,8,10,17-18,20-21H,7,9,11-12H2,1-2H3/t18-,19+,21+,23+,24+,37+;15-,16+,18+,19+,21+,39+;15-,16+,18+,19+,21+,38+;17-,18+,20+,21+,22+,35+/m0000/s1. The van der Waals surface area contributed by atoms with E-state index in [9.17, 15) is 102 Å². The Kier molecular flexibility index (Phi) is 37.5. The summed E-state index contributed by atoms with van der Waals surface area (Å²) in [6.45, 7) is 5.17. The highest BCUT2D eigenvalue weighted by molar-refractivity contribution is 7.49. The van der Waals surface area contributed by atoms with Gasteiger partial charge in [0.1, 0.15) is 24.4 Å². The zero-order valence-electron chi connectivity index (χ0n) is 79.0. The van der Waals surface area contributed by atoms with Gasteiger partial charge in [-0.1, -0.05) is 109 Å². The first kappa shape index (κ1) is 117. The quantitative estimate of drug-likeness (QED) is 0.0195. The van der Waals surface area contributed by atoms with Gasteiger partial charge < -0.3 is 42.6 Å². The predicted molar refractivity (Wildman–Crippen MR) is 486 cm³/mol. The van der Waals surface area contributed by atoms with Crippen LogP contribution in [0.25, 0.3) is 0 Å². The average Bonchev–Trinajstić information content (AvgIpc) is 1.62. The van der Waals surface area contributed by atoms with Gasteiger partial charge in [0.15, 0.2) is 95.1 Å². The fourth-order valence-corrected chi connectivity index (χ4v) is 23.1. The fourth-order valence-electron chi connectivity index (χ4n) is 16.7. The van der Waals surface area contributed by atoms with Crippen LogP contribution in [-0.4, -0.2) is 252 Å². The second kappa shape index (κ2) is 47.8. The Morgan fingerprint density at radius 3 is 0.872 bits per heavy atom. The molecule has 4 amide bonds. The molecule has 41 nitrogen and oxygen atoms in total. The Labute approximate surface area is 860 Å². The van der Waals surface area contributed by atoms with Crippen molar-refractivity contribution < 1.29 is 217 Å². The SMILES string of the molecule is CC(=O)O[C@@H]1[C@@H](CO[P@@]2(=O)OCC[C@@H](c3cccc(Cl)c3)O2)O[C@@H](N2C=CC(=O)CC2=O)[C@]1(C)F.CC(C)C(=O)O[C@@H]1[C@@H](CO[P@@]2(=O)OCC[C@@H](c3cccc(Cl)c3)O2)O[C@@H](N2C=CC(=O)CC2=O)[C@]1(C)F.C[C@@]1(F)[C@H](OC(=O)C(F)(F)F)[C@@H](CO[P@@]2(=O)OCC[C@@H](c3cccc(Cl)c3)O2)O[C@H]1N1C=CC(=O)CC1=O.C[C@@]1(F)[C@H](OC(=O)OC(F)(F)F)[C@@H](CO[P@@]2(=O)OCC[C@@H](c3cccc(Cl)c3)O2)O[C@H]1N1C=CC(=O)CC1=O. The first-order valence-electron chi connectivity index (χ1n) is 45.1. The predicted octanol–water partition coefficient (Wildman–Crippen LogP) is 16.9. The van der Waals surface area contributed by atoms with Crippen LogP contribution >= 0.6 is 77.7 Å². The van der Waals surface area contributed by atoms with Crippen molar-refractivity contribution in [3.63, 3.8) is 0 Å². The third-order valence-corrected chi connectivity index (χ3v) is 30.6. The number of rotatable bonds is 25. The number of hydrogen-bond acceptors (Lipinski definition) is 37. The number of phosphoric acid groups is 4. The Bertz CT molecular complexity index is 6070. The molecule has 12 heterocycles. The summed E-state index contributed by atoms with van der Waals surface area (Å²) in [6.07, 6.45) is -28.9. The minimum absolute atomic E-state index is 0.0658. The molecule has 24 atom stereocenters. The summed E-state index contributed by atoms with van der Waals surface area (Å²) in [5, 5.41) is 1.74. The lowest BCUT2D eigenvalue weighted by Gasteiger charge is -2.33. The van der Waals surface area contributed by atoms with Gasteiger partial charge in [0, 0.05) is 77.5 Å². The molecule has 4 aromatic rings. The lowest BCUT2D eigenvalue weighted by Crippen LogP contribution is -2.53. The molecule has 0 spiro atoms. The lowest BCUT2D eigenvalue weighted by molar-refractivity contribution is -0.302. The van der Waals surface area contributed by atoms with Gasteiger partial charge in [-0.05, 0) is 123 Å². The molecule has 0 radical (unpaired) electrons. The lowest BCUT2D eigenvalue weighted by atomic mass is 9.96. The number of ether oxygens (including phenoxy) is 9. The van der Waals surface area contributed by atoms with E-state index >= 15 is 17.6 Å². The molecule has 4 aromatic carbocycles. The third-order valence-electron chi connectivity index (χ3n) is 23.8. The molecular formula is C90H94Cl4F10N4O37P4. The maximum Gasteiger partial charge on any atom is 0.577 e. The largest absolute Gasteiger partial charge is 0.577 e. The van der Waals surface area contributed by atoms with Crippen molar-refractivity contribution in [3.05, 3.63) is 189 Å². The van der Waals surface area contributed by atoms with Crippen molar-refractivity contribution in [2.24, 2.45) is 5.92 Å². The van der Waals surface area contributed by atoms with E-state index in [-0.39, 0.29) is 39.3 Å². The van der Waals surface area contributed by atoms with Crippen molar-refractivity contribution in [2.45, 2.75) is 233 Å². The van der Waals surface area contributed by atoms with Gasteiger partial charge in [0.05, 0.1) is 109 Å². The molecule has 0 aromatic heterocycles. The van der Waals surface area contributed by atoms with Crippen LogP contribution in [0.3, 0.4) is 0 Å². The highest BCUT2D eigenvalue weighted by Gasteiger charge is 2.66. The van der Waals surface area contributed by atoms with Crippen LogP contribution in [0.2, 0.25) is 20.1 Å². The van der Waals surface area contributed by atoms with Crippen molar-refractivity contribution in [3.8, 4) is 0 Å². The number of alkyl halides is 10. The van der Waals surface area contributed by atoms with Crippen molar-refractivity contribution >= 4 is 149 Å². The van der Waals surface area contributed by atoms with Crippen LogP contribution in [0, 0.1) is 5.92 Å². The topological polar surface area (TPSA) is 480 Å². The number of esters is 3. The van der Waals surface area contributed by atoms with E-state index in [0.29, 0.717) is 65.0 Å². The van der Waals surface area contributed by atoms with Gasteiger partial charge in [-0.2, -0.15) is 13.2 Å². The van der Waals surface area contributed by atoms with Gasteiger partial charge in [0.2, 0.25) is 23.6 Å². The second-order valence-corrected chi connectivity index (χ2v) is 43.7. The molecule has 16 rings (SSSR count). The van der Waals surface area contributed by atoms with Crippen LogP contribution in [0.4, 0.5) is 48.7 Å². The molecule has 814 valence electrons. The highest BCUT2D eigenvalue weighted by atomic mass is 35.5. The third kappa shape index (κ3) is 29.3. The molecule has 59 heteroatoms. The van der Waals surface area contributed by atoms with Crippen LogP contribution < -0.4 is 0 Å². The Balaban J connectivity index is 0.000000166. The molecule has 12 aliphatic rings. The van der Waals surface area contributed by atoms with Gasteiger partial charge in [-0.3, -0.25) is 122 Å². The summed E-state index contributed by atoms with van der Waals surface area (Å²) in [4.78, 5) is 146. The molecule has 8 saturated heterocycles. The average molecular weight is 2280 g/mol. The van der Waals surface area contributed by atoms with Crippen molar-refractivity contribution in [1.82, 2.24) is 19.6 Å². The fraction of sp³-hybridized carbons (Fsp3) is 0.511. The zero-order valence-corrected chi connectivity index (χ0v) is 85.6. The highest BCUT2D eigenvalue weighted by Crippen LogP contribution is 2.63. The number of amides is 4. The van der Waals surface area contributed by atoms with Crippen LogP contribution in [0.1, 0.15) is 147 Å². The Hall–Kier alpha value is -9.18. The smallest absolute Gasteiger partial charge is 0.456 e. The molecule has 12 aliphatic heterocycles. The second-order valence-electron chi connectivity index (χ2n) is 35.5.